The summed E-state index contributed by atoms with van der Waals surface area (Å²) in [5, 5.41) is 3.16. The van der Waals surface area contributed by atoms with Crippen LogP contribution in [0.15, 0.2) is 60.7 Å². The number of nitrogens with one attached hydrogen (secondary N) is 1. The summed E-state index contributed by atoms with van der Waals surface area (Å²) in [6, 6.07) is 18.2. The maximum absolute atomic E-state index is 12.5. The standard InChI is InChI=1S/C22H26N2O2/c1-18-7-10-20(11-8-18)21(17-24-13-15-26-16-14-24)23-22(25)12-9-19-5-3-2-4-6-19/h2-12,21H,13-17H2,1H3,(H,23,25)/b12-9+/t21-/m0/s1. The van der Waals surface area contributed by atoms with E-state index in [-0.39, 0.29) is 11.9 Å². The van der Waals surface area contributed by atoms with Gasteiger partial charge >= 0.3 is 0 Å². The van der Waals surface area contributed by atoms with Gasteiger partial charge in [-0.1, -0.05) is 60.2 Å². The second kappa shape index (κ2) is 9.32. The van der Waals surface area contributed by atoms with Gasteiger partial charge in [0.25, 0.3) is 0 Å². The van der Waals surface area contributed by atoms with Crippen LogP contribution in [0.25, 0.3) is 6.08 Å². The number of aryl methyl sites for hydroxylation is 1. The van der Waals surface area contributed by atoms with Crippen LogP contribution in [0.2, 0.25) is 0 Å². The van der Waals surface area contributed by atoms with Gasteiger partial charge in [0.05, 0.1) is 19.3 Å². The van der Waals surface area contributed by atoms with Gasteiger partial charge in [0, 0.05) is 25.7 Å². The summed E-state index contributed by atoms with van der Waals surface area (Å²) in [6.07, 6.45) is 3.45. The lowest BCUT2D eigenvalue weighted by atomic mass is 10.0. The summed E-state index contributed by atoms with van der Waals surface area (Å²) in [5.41, 5.74) is 3.36. The molecular weight excluding hydrogens is 324 g/mol. The number of carbonyl (C=O) groups is 1. The van der Waals surface area contributed by atoms with Gasteiger partial charge in [-0.25, -0.2) is 0 Å². The predicted octanol–water partition coefficient (Wildman–Crippen LogP) is 3.20. The number of rotatable bonds is 6. The Labute approximate surface area is 155 Å². The quantitative estimate of drug-likeness (QED) is 0.814. The summed E-state index contributed by atoms with van der Waals surface area (Å²) in [6.45, 7) is 6.17. The van der Waals surface area contributed by atoms with E-state index in [9.17, 15) is 4.79 Å². The van der Waals surface area contributed by atoms with Crippen molar-refractivity contribution in [2.24, 2.45) is 0 Å². The number of nitrogens with zero attached hydrogens (tertiary/aromatic N) is 1. The van der Waals surface area contributed by atoms with E-state index in [1.807, 2.05) is 36.4 Å². The molecule has 1 fully saturated rings. The molecule has 3 rings (SSSR count). The Kier molecular flexibility index (Phi) is 6.58. The molecule has 0 saturated carbocycles. The molecule has 136 valence electrons. The molecule has 0 spiro atoms. The minimum absolute atomic E-state index is 0.0402. The number of hydrogen-bond donors (Lipinski definition) is 1. The number of hydrogen-bond acceptors (Lipinski definition) is 3. The second-order valence-corrected chi connectivity index (χ2v) is 6.63. The Bertz CT molecular complexity index is 720. The second-order valence-electron chi connectivity index (χ2n) is 6.63. The van der Waals surface area contributed by atoms with Gasteiger partial charge in [-0.15, -0.1) is 0 Å². The van der Waals surface area contributed by atoms with Crippen LogP contribution in [0.1, 0.15) is 22.7 Å². The fraction of sp³-hybridized carbons (Fsp3) is 0.318. The van der Waals surface area contributed by atoms with Crippen LogP contribution in [0.3, 0.4) is 0 Å². The van der Waals surface area contributed by atoms with Crippen molar-refractivity contribution >= 4 is 12.0 Å². The third-order valence-corrected chi connectivity index (χ3v) is 4.57. The summed E-state index contributed by atoms with van der Waals surface area (Å²) in [4.78, 5) is 14.8. The zero-order chi connectivity index (χ0) is 18.2. The molecule has 1 aliphatic heterocycles. The van der Waals surface area contributed by atoms with Crippen molar-refractivity contribution in [2.45, 2.75) is 13.0 Å². The number of amides is 1. The van der Waals surface area contributed by atoms with Crippen LogP contribution in [0.5, 0.6) is 0 Å². The van der Waals surface area contributed by atoms with Crippen LogP contribution in [0.4, 0.5) is 0 Å². The third-order valence-electron chi connectivity index (χ3n) is 4.57. The van der Waals surface area contributed by atoms with Crippen molar-refractivity contribution in [2.75, 3.05) is 32.8 Å². The SMILES string of the molecule is Cc1ccc([C@H](CN2CCOCC2)NC(=O)/C=C/c2ccccc2)cc1. The van der Waals surface area contributed by atoms with E-state index in [1.165, 1.54) is 5.56 Å². The Hall–Kier alpha value is -2.43. The maximum atomic E-state index is 12.5. The van der Waals surface area contributed by atoms with Gasteiger partial charge in [0.15, 0.2) is 0 Å². The van der Waals surface area contributed by atoms with Gasteiger partial charge in [-0.3, -0.25) is 9.69 Å². The van der Waals surface area contributed by atoms with E-state index in [0.717, 1.165) is 44.0 Å². The Morgan fingerprint density at radius 3 is 2.50 bits per heavy atom. The van der Waals surface area contributed by atoms with Crippen molar-refractivity contribution < 1.29 is 9.53 Å². The van der Waals surface area contributed by atoms with E-state index < -0.39 is 0 Å². The summed E-state index contributed by atoms with van der Waals surface area (Å²) in [5.74, 6) is -0.0762. The highest BCUT2D eigenvalue weighted by Gasteiger charge is 2.19. The van der Waals surface area contributed by atoms with E-state index in [2.05, 4.69) is 41.4 Å². The van der Waals surface area contributed by atoms with Crippen molar-refractivity contribution in [3.8, 4) is 0 Å². The summed E-state index contributed by atoms with van der Waals surface area (Å²) < 4.78 is 5.43. The van der Waals surface area contributed by atoms with E-state index >= 15 is 0 Å². The van der Waals surface area contributed by atoms with Crippen molar-refractivity contribution in [3.63, 3.8) is 0 Å². The fourth-order valence-electron chi connectivity index (χ4n) is 3.03. The molecule has 2 aromatic rings. The first kappa shape index (κ1) is 18.4. The lowest BCUT2D eigenvalue weighted by Crippen LogP contribution is -2.42. The van der Waals surface area contributed by atoms with Crippen molar-refractivity contribution in [1.29, 1.82) is 0 Å². The molecule has 0 unspecified atom stereocenters. The third kappa shape index (κ3) is 5.55. The first-order valence-corrected chi connectivity index (χ1v) is 9.11. The van der Waals surface area contributed by atoms with Crippen molar-refractivity contribution in [3.05, 3.63) is 77.4 Å². The Balaban J connectivity index is 1.68. The zero-order valence-corrected chi connectivity index (χ0v) is 15.2. The van der Waals surface area contributed by atoms with Gasteiger partial charge in [0.2, 0.25) is 5.91 Å². The van der Waals surface area contributed by atoms with E-state index in [1.54, 1.807) is 6.08 Å². The molecule has 1 atom stereocenters. The van der Waals surface area contributed by atoms with E-state index in [0.29, 0.717) is 0 Å². The van der Waals surface area contributed by atoms with Crippen LogP contribution in [-0.2, 0) is 9.53 Å². The van der Waals surface area contributed by atoms with Crippen LogP contribution in [0, 0.1) is 6.92 Å². The molecule has 1 amide bonds. The number of carbonyl (C=O) groups excluding carboxylic acids is 1. The molecule has 26 heavy (non-hydrogen) atoms. The average Bonchev–Trinajstić information content (AvgIpc) is 2.68. The van der Waals surface area contributed by atoms with Gasteiger partial charge in [-0.05, 0) is 24.1 Å². The number of ether oxygens (including phenoxy) is 1. The predicted molar refractivity (Wildman–Crippen MR) is 105 cm³/mol. The lowest BCUT2D eigenvalue weighted by molar-refractivity contribution is -0.117. The molecule has 1 aliphatic rings. The van der Waals surface area contributed by atoms with Crippen LogP contribution < -0.4 is 5.32 Å². The van der Waals surface area contributed by atoms with E-state index in [4.69, 9.17) is 4.74 Å². The molecule has 2 aromatic carbocycles. The highest BCUT2D eigenvalue weighted by Crippen LogP contribution is 2.16. The van der Waals surface area contributed by atoms with Crippen LogP contribution >= 0.6 is 0 Å². The molecule has 0 bridgehead atoms. The Morgan fingerprint density at radius 2 is 1.81 bits per heavy atom. The molecule has 4 nitrogen and oxygen atoms in total. The number of benzene rings is 2. The normalized spacial score (nSPS) is 16.5. The maximum Gasteiger partial charge on any atom is 0.244 e. The molecule has 1 saturated heterocycles. The van der Waals surface area contributed by atoms with Crippen molar-refractivity contribution in [1.82, 2.24) is 10.2 Å². The highest BCUT2D eigenvalue weighted by atomic mass is 16.5. The minimum atomic E-state index is -0.0762. The first-order chi connectivity index (χ1) is 12.7. The van der Waals surface area contributed by atoms with Crippen LogP contribution in [-0.4, -0.2) is 43.7 Å². The molecular formula is C22H26N2O2. The first-order valence-electron chi connectivity index (χ1n) is 9.11. The van der Waals surface area contributed by atoms with Gasteiger partial charge in [-0.2, -0.15) is 0 Å². The molecule has 1 heterocycles. The topological polar surface area (TPSA) is 41.6 Å². The molecule has 1 N–H and O–H groups in total. The van der Waals surface area contributed by atoms with Gasteiger partial charge < -0.3 is 10.1 Å². The molecule has 0 aliphatic carbocycles. The molecule has 0 radical (unpaired) electrons. The Morgan fingerprint density at radius 1 is 1.12 bits per heavy atom. The largest absolute Gasteiger partial charge is 0.379 e. The summed E-state index contributed by atoms with van der Waals surface area (Å²) in [7, 11) is 0. The lowest BCUT2D eigenvalue weighted by Gasteiger charge is -2.31. The molecule has 0 aromatic heterocycles. The highest BCUT2D eigenvalue weighted by molar-refractivity contribution is 5.92. The smallest absolute Gasteiger partial charge is 0.244 e. The monoisotopic (exact) mass is 350 g/mol. The van der Waals surface area contributed by atoms with Gasteiger partial charge in [0.1, 0.15) is 0 Å². The average molecular weight is 350 g/mol. The summed E-state index contributed by atoms with van der Waals surface area (Å²) >= 11 is 0. The number of morpholine rings is 1. The minimum Gasteiger partial charge on any atom is -0.379 e. The fourth-order valence-corrected chi connectivity index (χ4v) is 3.03. The zero-order valence-electron chi connectivity index (χ0n) is 15.2. The molecule has 4 heteroatoms.